The Morgan fingerprint density at radius 2 is 1.39 bits per heavy atom. The quantitative estimate of drug-likeness (QED) is 0.260. The molecule has 150 valence electrons. The first-order chi connectivity index (χ1) is 15.3. The molecule has 6 rings (SSSR count). The van der Waals surface area contributed by atoms with Gasteiger partial charge in [0.05, 0.1) is 0 Å². The van der Waals surface area contributed by atoms with Crippen molar-refractivity contribution >= 4 is 55.2 Å². The molecule has 0 N–H and O–H groups in total. The van der Waals surface area contributed by atoms with E-state index in [2.05, 4.69) is 98.8 Å². The average molecular weight is 399 g/mol. The molecular weight excluding hydrogens is 372 g/mol. The summed E-state index contributed by atoms with van der Waals surface area (Å²) in [4.78, 5) is 0. The molecule has 0 spiro atoms. The number of hydrogen-bond donors (Lipinski definition) is 0. The minimum Gasteiger partial charge on any atom is -0.0870 e. The summed E-state index contributed by atoms with van der Waals surface area (Å²) in [6.07, 6.45) is 12.6. The van der Waals surface area contributed by atoms with Crippen LogP contribution in [-0.2, 0) is 12.8 Å². The van der Waals surface area contributed by atoms with Crippen molar-refractivity contribution in [1.82, 2.24) is 0 Å². The van der Waals surface area contributed by atoms with Gasteiger partial charge in [-0.1, -0.05) is 55.5 Å². The van der Waals surface area contributed by atoms with E-state index in [0.717, 1.165) is 19.3 Å². The summed E-state index contributed by atoms with van der Waals surface area (Å²) < 4.78 is 0. The first kappa shape index (κ1) is 18.4. The van der Waals surface area contributed by atoms with Gasteiger partial charge in [0, 0.05) is 0 Å². The monoisotopic (exact) mass is 398 g/mol. The lowest BCUT2D eigenvalue weighted by Gasteiger charge is -2.22. The van der Waals surface area contributed by atoms with Gasteiger partial charge in [-0.3, -0.25) is 0 Å². The van der Waals surface area contributed by atoms with Crippen LogP contribution in [0.1, 0.15) is 42.5 Å². The maximum absolute atomic E-state index is 2.43. The van der Waals surface area contributed by atoms with Gasteiger partial charge in [0.1, 0.15) is 0 Å². The van der Waals surface area contributed by atoms with Crippen LogP contribution in [0.25, 0.3) is 55.2 Å². The summed E-state index contributed by atoms with van der Waals surface area (Å²) in [6, 6.07) is 22.9. The van der Waals surface area contributed by atoms with Crippen LogP contribution in [0.3, 0.4) is 0 Å². The Kier molecular flexibility index (Phi) is 4.21. The van der Waals surface area contributed by atoms with Crippen LogP contribution >= 0.6 is 0 Å². The Morgan fingerprint density at radius 1 is 0.774 bits per heavy atom. The van der Waals surface area contributed by atoms with E-state index in [0.29, 0.717) is 0 Å². The highest BCUT2D eigenvalue weighted by Crippen LogP contribution is 2.39. The molecule has 31 heavy (non-hydrogen) atoms. The lowest BCUT2D eigenvalue weighted by Crippen LogP contribution is -2.04. The van der Waals surface area contributed by atoms with E-state index in [-0.39, 0.29) is 0 Å². The fraction of sp³-hybridized carbons (Fsp3) is 0.161. The van der Waals surface area contributed by atoms with Crippen LogP contribution in [0.5, 0.6) is 0 Å². The molecule has 0 heterocycles. The number of benzene rings is 5. The molecule has 0 unspecified atom stereocenters. The fourth-order valence-electron chi connectivity index (χ4n) is 5.51. The lowest BCUT2D eigenvalue weighted by atomic mass is 9.82. The largest absolute Gasteiger partial charge is 0.0870 e. The maximum Gasteiger partial charge on any atom is -0.00962 e. The molecule has 0 aromatic heterocycles. The van der Waals surface area contributed by atoms with Crippen molar-refractivity contribution in [3.05, 3.63) is 95.1 Å². The average Bonchev–Trinajstić information content (AvgIpc) is 2.80. The normalized spacial score (nSPS) is 13.7. The first-order valence-electron chi connectivity index (χ1n) is 11.4. The highest BCUT2D eigenvalue weighted by atomic mass is 14.2. The van der Waals surface area contributed by atoms with E-state index in [4.69, 9.17) is 0 Å². The molecule has 0 saturated carbocycles. The van der Waals surface area contributed by atoms with E-state index in [9.17, 15) is 0 Å². The van der Waals surface area contributed by atoms with Crippen molar-refractivity contribution in [2.45, 2.75) is 33.1 Å². The molecule has 0 aliphatic heterocycles. The van der Waals surface area contributed by atoms with Gasteiger partial charge in [-0.15, -0.1) is 0 Å². The van der Waals surface area contributed by atoms with Crippen molar-refractivity contribution in [2.24, 2.45) is 0 Å². The molecular formula is C31H26. The third kappa shape index (κ3) is 2.82. The number of hydrogen-bond acceptors (Lipinski definition) is 0. The molecule has 0 amide bonds. The Bertz CT molecular complexity index is 1560. The van der Waals surface area contributed by atoms with Gasteiger partial charge in [0.15, 0.2) is 0 Å². The van der Waals surface area contributed by atoms with Gasteiger partial charge in [0.2, 0.25) is 0 Å². The fourth-order valence-corrected chi connectivity index (χ4v) is 5.51. The van der Waals surface area contributed by atoms with Crippen molar-refractivity contribution in [3.8, 4) is 0 Å². The summed E-state index contributed by atoms with van der Waals surface area (Å²) in [5, 5.41) is 10.7. The van der Waals surface area contributed by atoms with Crippen LogP contribution in [0.4, 0.5) is 0 Å². The summed E-state index contributed by atoms with van der Waals surface area (Å²) in [7, 11) is 0. The standard InChI is InChI=1S/C31H26/c1-3-9-27-26(4-2)28-12-7-8-13-29(28)31-19-25-17-23-15-21-11-6-5-10-20(21)14-22(23)16-24(25)18-30(27)31/h3,5-6,8-11,13-19H,4,7,12H2,1-2H3/b9-3-. The van der Waals surface area contributed by atoms with E-state index >= 15 is 0 Å². The predicted molar refractivity (Wildman–Crippen MR) is 138 cm³/mol. The predicted octanol–water partition coefficient (Wildman–Crippen LogP) is 8.85. The second kappa shape index (κ2) is 7.10. The molecule has 0 atom stereocenters. The zero-order valence-electron chi connectivity index (χ0n) is 18.2. The van der Waals surface area contributed by atoms with Gasteiger partial charge >= 0.3 is 0 Å². The van der Waals surface area contributed by atoms with E-state index in [1.165, 1.54) is 59.8 Å². The van der Waals surface area contributed by atoms with Crippen molar-refractivity contribution in [3.63, 3.8) is 0 Å². The lowest BCUT2D eigenvalue weighted by molar-refractivity contribution is 0.949. The van der Waals surface area contributed by atoms with Gasteiger partial charge in [-0.2, -0.15) is 0 Å². The number of allylic oxidation sites excluding steroid dienone is 2. The zero-order chi connectivity index (χ0) is 20.9. The van der Waals surface area contributed by atoms with Gasteiger partial charge < -0.3 is 0 Å². The van der Waals surface area contributed by atoms with E-state index in [1.807, 2.05) is 0 Å². The molecule has 0 nitrogen and oxygen atoms in total. The third-order valence-electron chi connectivity index (χ3n) is 6.92. The Balaban J connectivity index is 1.75. The molecule has 0 fully saturated rings. The minimum absolute atomic E-state index is 1.08. The van der Waals surface area contributed by atoms with Crippen molar-refractivity contribution < 1.29 is 0 Å². The second-order valence-electron chi connectivity index (χ2n) is 8.72. The summed E-state index contributed by atoms with van der Waals surface area (Å²) in [6.45, 7) is 4.43. The maximum atomic E-state index is 2.43. The van der Waals surface area contributed by atoms with Gasteiger partial charge in [-0.05, 0) is 128 Å². The Morgan fingerprint density at radius 3 is 2.03 bits per heavy atom. The van der Waals surface area contributed by atoms with E-state index in [1.54, 1.807) is 5.56 Å². The summed E-state index contributed by atoms with van der Waals surface area (Å²) in [5.41, 5.74) is 5.93. The molecule has 0 bridgehead atoms. The smallest absolute Gasteiger partial charge is 0.00962 e. The molecule has 1 aliphatic carbocycles. The summed E-state index contributed by atoms with van der Waals surface area (Å²) >= 11 is 0. The second-order valence-corrected chi connectivity index (χ2v) is 8.72. The van der Waals surface area contributed by atoms with Crippen molar-refractivity contribution in [1.29, 1.82) is 0 Å². The first-order valence-corrected chi connectivity index (χ1v) is 11.4. The SMILES string of the molecule is C/C=C\c1c(CC)c2c(c3cc4cc5cc6ccccc6cc5cc4cc13)C=CCC2. The third-order valence-corrected chi connectivity index (χ3v) is 6.92. The summed E-state index contributed by atoms with van der Waals surface area (Å²) in [5.74, 6) is 0. The Labute approximate surface area is 183 Å². The Hall–Kier alpha value is -3.38. The molecule has 5 aromatic carbocycles. The zero-order valence-corrected chi connectivity index (χ0v) is 18.2. The molecule has 0 saturated heterocycles. The van der Waals surface area contributed by atoms with Crippen LogP contribution in [-0.4, -0.2) is 0 Å². The van der Waals surface area contributed by atoms with Crippen LogP contribution in [0, 0.1) is 0 Å². The molecule has 0 heteroatoms. The van der Waals surface area contributed by atoms with Crippen LogP contribution < -0.4 is 0 Å². The van der Waals surface area contributed by atoms with Crippen LogP contribution in [0.15, 0.2) is 72.8 Å². The minimum atomic E-state index is 1.08. The van der Waals surface area contributed by atoms with Gasteiger partial charge in [-0.25, -0.2) is 0 Å². The highest BCUT2D eigenvalue weighted by Gasteiger charge is 2.18. The van der Waals surface area contributed by atoms with Crippen molar-refractivity contribution in [2.75, 3.05) is 0 Å². The number of rotatable bonds is 2. The van der Waals surface area contributed by atoms with E-state index < -0.39 is 0 Å². The topological polar surface area (TPSA) is 0 Å². The molecule has 0 radical (unpaired) electrons. The van der Waals surface area contributed by atoms with Gasteiger partial charge in [0.25, 0.3) is 0 Å². The molecule has 1 aliphatic rings. The molecule has 5 aromatic rings. The van der Waals surface area contributed by atoms with Crippen LogP contribution in [0.2, 0.25) is 0 Å². The number of fused-ring (bicyclic) bond motifs is 6. The highest BCUT2D eigenvalue weighted by molar-refractivity contribution is 6.11.